The monoisotopic (exact) mass is 218 g/mol. The van der Waals surface area contributed by atoms with Crippen LogP contribution in [0, 0.1) is 0 Å². The van der Waals surface area contributed by atoms with E-state index in [0.29, 0.717) is 19.6 Å². The number of benzene rings is 1. The fourth-order valence-corrected chi connectivity index (χ4v) is 1.72. The Morgan fingerprint density at radius 2 is 2.06 bits per heavy atom. The van der Waals surface area contributed by atoms with Gasteiger partial charge in [-0.3, -0.25) is 9.79 Å². The zero-order valence-electron chi connectivity index (χ0n) is 9.18. The smallest absolute Gasteiger partial charge is 0.219 e. The van der Waals surface area contributed by atoms with Crippen LogP contribution >= 0.6 is 0 Å². The van der Waals surface area contributed by atoms with Crippen LogP contribution in [0.5, 0.6) is 5.75 Å². The minimum Gasteiger partial charge on any atom is -0.508 e. The number of nitrogens with zero attached hydrogens (tertiary/aromatic N) is 2. The van der Waals surface area contributed by atoms with Gasteiger partial charge >= 0.3 is 0 Å². The first kappa shape index (κ1) is 10.7. The molecule has 1 aliphatic rings. The maximum Gasteiger partial charge on any atom is 0.219 e. The second-order valence-electron chi connectivity index (χ2n) is 3.82. The number of carbonyl (C=O) groups is 1. The van der Waals surface area contributed by atoms with E-state index >= 15 is 0 Å². The summed E-state index contributed by atoms with van der Waals surface area (Å²) < 4.78 is 0. The summed E-state index contributed by atoms with van der Waals surface area (Å²) in [5.41, 5.74) is 1.87. The van der Waals surface area contributed by atoms with Gasteiger partial charge in [-0.25, -0.2) is 0 Å². The van der Waals surface area contributed by atoms with Crippen molar-refractivity contribution in [2.75, 3.05) is 19.6 Å². The molecule has 2 rings (SSSR count). The summed E-state index contributed by atoms with van der Waals surface area (Å²) in [6.07, 6.45) is 0. The molecule has 16 heavy (non-hydrogen) atoms. The van der Waals surface area contributed by atoms with E-state index in [0.717, 1.165) is 11.3 Å². The summed E-state index contributed by atoms with van der Waals surface area (Å²) in [5.74, 6) is 0.315. The van der Waals surface area contributed by atoms with Gasteiger partial charge in [0.15, 0.2) is 0 Å². The zero-order chi connectivity index (χ0) is 11.5. The summed E-state index contributed by atoms with van der Waals surface area (Å²) >= 11 is 0. The van der Waals surface area contributed by atoms with Crippen LogP contribution in [0.3, 0.4) is 0 Å². The Hall–Kier alpha value is -1.84. The molecular formula is C12H14N2O2. The second kappa shape index (κ2) is 4.35. The Labute approximate surface area is 94.2 Å². The lowest BCUT2D eigenvalue weighted by atomic mass is 10.1. The van der Waals surface area contributed by atoms with Gasteiger partial charge in [0.05, 0.1) is 18.8 Å². The molecule has 0 fully saturated rings. The Kier molecular flexibility index (Phi) is 2.90. The van der Waals surface area contributed by atoms with Crippen molar-refractivity contribution in [3.63, 3.8) is 0 Å². The Morgan fingerprint density at radius 3 is 2.69 bits per heavy atom. The van der Waals surface area contributed by atoms with Gasteiger partial charge in [-0.1, -0.05) is 0 Å². The zero-order valence-corrected chi connectivity index (χ0v) is 9.18. The van der Waals surface area contributed by atoms with Crippen LogP contribution in [-0.2, 0) is 4.79 Å². The molecule has 1 aromatic rings. The summed E-state index contributed by atoms with van der Waals surface area (Å²) in [4.78, 5) is 17.4. The molecule has 1 heterocycles. The van der Waals surface area contributed by atoms with Crippen molar-refractivity contribution >= 4 is 11.6 Å². The summed E-state index contributed by atoms with van der Waals surface area (Å²) in [5, 5.41) is 9.19. The highest BCUT2D eigenvalue weighted by Crippen LogP contribution is 2.13. The molecule has 4 nitrogen and oxygen atoms in total. The third kappa shape index (κ3) is 2.21. The average molecular weight is 218 g/mol. The molecular weight excluding hydrogens is 204 g/mol. The molecule has 1 amide bonds. The minimum absolute atomic E-state index is 0.0752. The lowest BCUT2D eigenvalue weighted by Crippen LogP contribution is -2.39. The van der Waals surface area contributed by atoms with Gasteiger partial charge < -0.3 is 10.0 Å². The van der Waals surface area contributed by atoms with E-state index in [-0.39, 0.29) is 11.7 Å². The van der Waals surface area contributed by atoms with Crippen LogP contribution in [0.25, 0.3) is 0 Å². The highest BCUT2D eigenvalue weighted by Gasteiger charge is 2.16. The molecule has 84 valence electrons. The summed E-state index contributed by atoms with van der Waals surface area (Å²) in [6, 6.07) is 6.89. The van der Waals surface area contributed by atoms with E-state index in [9.17, 15) is 9.90 Å². The van der Waals surface area contributed by atoms with E-state index in [1.807, 2.05) is 12.1 Å². The molecule has 0 aliphatic carbocycles. The molecule has 0 spiro atoms. The number of hydrogen-bond donors (Lipinski definition) is 1. The first-order chi connectivity index (χ1) is 7.66. The Balaban J connectivity index is 2.18. The number of phenolic OH excluding ortho intramolecular Hbond substituents is 1. The molecule has 0 atom stereocenters. The molecule has 0 saturated heterocycles. The van der Waals surface area contributed by atoms with Crippen molar-refractivity contribution in [2.45, 2.75) is 6.92 Å². The SMILES string of the molecule is CC(=O)N1CCN=C(c2ccc(O)cc2)C1. The number of carbonyl (C=O) groups excluding carboxylic acids is 1. The molecule has 1 aromatic carbocycles. The van der Waals surface area contributed by atoms with Gasteiger partial charge in [-0.15, -0.1) is 0 Å². The predicted molar refractivity (Wildman–Crippen MR) is 61.8 cm³/mol. The van der Waals surface area contributed by atoms with Gasteiger partial charge in [0.1, 0.15) is 5.75 Å². The molecule has 0 aromatic heterocycles. The number of rotatable bonds is 1. The standard InChI is InChI=1S/C12H14N2O2/c1-9(15)14-7-6-13-12(8-14)10-2-4-11(16)5-3-10/h2-5,16H,6-8H2,1H3. The van der Waals surface area contributed by atoms with Crippen LogP contribution in [0.1, 0.15) is 12.5 Å². The molecule has 1 aliphatic heterocycles. The van der Waals surface area contributed by atoms with Crippen LogP contribution in [0.2, 0.25) is 0 Å². The van der Waals surface area contributed by atoms with Crippen LogP contribution in [0.15, 0.2) is 29.3 Å². The number of phenols is 1. The first-order valence-corrected chi connectivity index (χ1v) is 5.25. The van der Waals surface area contributed by atoms with E-state index in [4.69, 9.17) is 0 Å². The highest BCUT2D eigenvalue weighted by molar-refractivity contribution is 6.03. The number of aliphatic imine (C=N–C) groups is 1. The number of amides is 1. The third-order valence-electron chi connectivity index (χ3n) is 2.66. The van der Waals surface area contributed by atoms with Gasteiger partial charge in [0, 0.05) is 13.5 Å². The average Bonchev–Trinajstić information content (AvgIpc) is 2.30. The number of aromatic hydroxyl groups is 1. The largest absolute Gasteiger partial charge is 0.508 e. The minimum atomic E-state index is 0.0752. The molecule has 0 unspecified atom stereocenters. The van der Waals surface area contributed by atoms with Gasteiger partial charge in [0.2, 0.25) is 5.91 Å². The van der Waals surface area contributed by atoms with Crippen molar-refractivity contribution in [3.8, 4) is 5.75 Å². The van der Waals surface area contributed by atoms with E-state index < -0.39 is 0 Å². The van der Waals surface area contributed by atoms with Crippen LogP contribution in [-0.4, -0.2) is 41.3 Å². The molecule has 4 heteroatoms. The first-order valence-electron chi connectivity index (χ1n) is 5.25. The maximum absolute atomic E-state index is 11.3. The van der Waals surface area contributed by atoms with Crippen molar-refractivity contribution in [1.82, 2.24) is 4.90 Å². The quantitative estimate of drug-likeness (QED) is 0.765. The van der Waals surface area contributed by atoms with Gasteiger partial charge in [-0.2, -0.15) is 0 Å². The molecule has 1 N–H and O–H groups in total. The molecule has 0 saturated carbocycles. The second-order valence-corrected chi connectivity index (χ2v) is 3.82. The van der Waals surface area contributed by atoms with Gasteiger partial charge in [0.25, 0.3) is 0 Å². The highest BCUT2D eigenvalue weighted by atomic mass is 16.3. The van der Waals surface area contributed by atoms with E-state index in [1.165, 1.54) is 0 Å². The summed E-state index contributed by atoms with van der Waals surface area (Å²) in [6.45, 7) is 3.46. The Morgan fingerprint density at radius 1 is 1.38 bits per heavy atom. The Bertz CT molecular complexity index is 423. The molecule has 0 bridgehead atoms. The lowest BCUT2D eigenvalue weighted by molar-refractivity contribution is -0.128. The van der Waals surface area contributed by atoms with Crippen molar-refractivity contribution in [2.24, 2.45) is 4.99 Å². The third-order valence-corrected chi connectivity index (χ3v) is 2.66. The van der Waals surface area contributed by atoms with Gasteiger partial charge in [-0.05, 0) is 29.8 Å². The maximum atomic E-state index is 11.3. The van der Waals surface area contributed by atoms with E-state index in [1.54, 1.807) is 24.0 Å². The fourth-order valence-electron chi connectivity index (χ4n) is 1.72. The van der Waals surface area contributed by atoms with Crippen LogP contribution in [0.4, 0.5) is 0 Å². The van der Waals surface area contributed by atoms with Crippen molar-refractivity contribution in [1.29, 1.82) is 0 Å². The van der Waals surface area contributed by atoms with E-state index in [2.05, 4.69) is 4.99 Å². The lowest BCUT2D eigenvalue weighted by Gasteiger charge is -2.25. The predicted octanol–water partition coefficient (Wildman–Crippen LogP) is 1.04. The van der Waals surface area contributed by atoms with Crippen LogP contribution < -0.4 is 0 Å². The normalized spacial score (nSPS) is 15.8. The van der Waals surface area contributed by atoms with Crippen molar-refractivity contribution < 1.29 is 9.90 Å². The molecule has 0 radical (unpaired) electrons. The number of hydrogen-bond acceptors (Lipinski definition) is 3. The topological polar surface area (TPSA) is 52.9 Å². The summed E-state index contributed by atoms with van der Waals surface area (Å²) in [7, 11) is 0. The fraction of sp³-hybridized carbons (Fsp3) is 0.333. The van der Waals surface area contributed by atoms with Crippen molar-refractivity contribution in [3.05, 3.63) is 29.8 Å².